The molecule has 1 unspecified atom stereocenters. The van der Waals surface area contributed by atoms with Crippen molar-refractivity contribution >= 4 is 11.6 Å². The molecule has 1 atom stereocenters. The number of hydrogen-bond donors (Lipinski definition) is 2. The van der Waals surface area contributed by atoms with E-state index in [1.54, 1.807) is 12.1 Å². The zero-order valence-electron chi connectivity index (χ0n) is 10.1. The highest BCUT2D eigenvalue weighted by Crippen LogP contribution is 2.23. The fourth-order valence-corrected chi connectivity index (χ4v) is 2.20. The van der Waals surface area contributed by atoms with E-state index in [1.165, 1.54) is 12.1 Å². The second-order valence-corrected chi connectivity index (χ2v) is 4.54. The van der Waals surface area contributed by atoms with Crippen molar-refractivity contribution in [1.82, 2.24) is 5.32 Å². The maximum Gasteiger partial charge on any atom is 0.245 e. The van der Waals surface area contributed by atoms with Gasteiger partial charge in [0.2, 0.25) is 5.91 Å². The summed E-state index contributed by atoms with van der Waals surface area (Å²) in [6.07, 6.45) is 0.989. The van der Waals surface area contributed by atoms with Crippen molar-refractivity contribution in [3.63, 3.8) is 0 Å². The van der Waals surface area contributed by atoms with E-state index in [2.05, 4.69) is 10.2 Å². The third-order valence-corrected chi connectivity index (χ3v) is 3.21. The molecule has 18 heavy (non-hydrogen) atoms. The number of halogens is 1. The molecule has 98 valence electrons. The first-order valence-corrected chi connectivity index (χ1v) is 6.07. The number of carbonyl (C=O) groups is 1. The highest BCUT2D eigenvalue weighted by Gasteiger charge is 2.22. The molecule has 0 spiro atoms. The van der Waals surface area contributed by atoms with E-state index in [-0.39, 0.29) is 11.7 Å². The quantitative estimate of drug-likeness (QED) is 0.832. The summed E-state index contributed by atoms with van der Waals surface area (Å²) < 4.78 is 12.8. The van der Waals surface area contributed by atoms with Crippen LogP contribution in [0, 0.1) is 11.7 Å². The molecule has 0 aromatic heterocycles. The van der Waals surface area contributed by atoms with E-state index in [1.807, 2.05) is 0 Å². The van der Waals surface area contributed by atoms with E-state index in [4.69, 9.17) is 5.11 Å². The number of aliphatic hydroxyl groups excluding tert-OH is 1. The van der Waals surface area contributed by atoms with Gasteiger partial charge in [0.15, 0.2) is 0 Å². The Morgan fingerprint density at radius 1 is 1.44 bits per heavy atom. The van der Waals surface area contributed by atoms with Crippen LogP contribution in [-0.2, 0) is 4.79 Å². The summed E-state index contributed by atoms with van der Waals surface area (Å²) in [6.45, 7) is 1.87. The van der Waals surface area contributed by atoms with Crippen LogP contribution in [0.2, 0.25) is 0 Å². The Labute approximate surface area is 105 Å². The smallest absolute Gasteiger partial charge is 0.245 e. The average Bonchev–Trinajstić information content (AvgIpc) is 2.85. The summed E-state index contributed by atoms with van der Waals surface area (Å²) in [5, 5.41) is 11.3. The fourth-order valence-electron chi connectivity index (χ4n) is 2.20. The average molecular weight is 252 g/mol. The van der Waals surface area contributed by atoms with Gasteiger partial charge in [-0.2, -0.15) is 0 Å². The minimum Gasteiger partial charge on any atom is -0.387 e. The maximum absolute atomic E-state index is 12.8. The lowest BCUT2D eigenvalue weighted by atomic mass is 10.1. The van der Waals surface area contributed by atoms with Crippen molar-refractivity contribution in [1.29, 1.82) is 0 Å². The molecule has 1 aliphatic heterocycles. The molecule has 1 saturated heterocycles. The molecule has 1 amide bonds. The summed E-state index contributed by atoms with van der Waals surface area (Å²) in [4.78, 5) is 13.1. The van der Waals surface area contributed by atoms with Crippen molar-refractivity contribution in [2.24, 2.45) is 5.92 Å². The summed E-state index contributed by atoms with van der Waals surface area (Å²) in [5.74, 6) is -0.189. The Balaban J connectivity index is 1.84. The topological polar surface area (TPSA) is 52.6 Å². The van der Waals surface area contributed by atoms with Gasteiger partial charge in [-0.15, -0.1) is 0 Å². The van der Waals surface area contributed by atoms with Crippen molar-refractivity contribution in [3.8, 4) is 0 Å². The first kappa shape index (κ1) is 12.8. The number of aliphatic hydroxyl groups is 1. The molecule has 1 fully saturated rings. The van der Waals surface area contributed by atoms with Gasteiger partial charge in [0, 0.05) is 25.3 Å². The van der Waals surface area contributed by atoms with Gasteiger partial charge in [0.1, 0.15) is 12.4 Å². The second kappa shape index (κ2) is 5.82. The number of anilines is 1. The maximum atomic E-state index is 12.8. The van der Waals surface area contributed by atoms with Gasteiger partial charge in [-0.25, -0.2) is 4.39 Å². The Morgan fingerprint density at radius 2 is 2.17 bits per heavy atom. The first-order chi connectivity index (χ1) is 8.69. The van der Waals surface area contributed by atoms with Crippen molar-refractivity contribution in [2.75, 3.05) is 31.1 Å². The summed E-state index contributed by atoms with van der Waals surface area (Å²) in [5.41, 5.74) is 1.01. The van der Waals surface area contributed by atoms with Gasteiger partial charge in [-0.3, -0.25) is 4.79 Å². The Bertz CT molecular complexity index is 408. The van der Waals surface area contributed by atoms with Gasteiger partial charge in [-0.1, -0.05) is 0 Å². The molecule has 1 heterocycles. The predicted octanol–water partition coefficient (Wildman–Crippen LogP) is 0.760. The van der Waals surface area contributed by atoms with Crippen LogP contribution in [-0.4, -0.2) is 37.3 Å². The number of nitrogens with zero attached hydrogens (tertiary/aromatic N) is 1. The van der Waals surface area contributed by atoms with E-state index in [0.717, 1.165) is 25.2 Å². The Hall–Kier alpha value is -1.62. The van der Waals surface area contributed by atoms with Gasteiger partial charge in [0.05, 0.1) is 0 Å². The lowest BCUT2D eigenvalue weighted by Gasteiger charge is -2.18. The summed E-state index contributed by atoms with van der Waals surface area (Å²) in [6, 6.07) is 6.44. The molecule has 4 nitrogen and oxygen atoms in total. The first-order valence-electron chi connectivity index (χ1n) is 6.07. The molecule has 0 bridgehead atoms. The molecular formula is C13H17FN2O2. The van der Waals surface area contributed by atoms with Crippen LogP contribution >= 0.6 is 0 Å². The lowest BCUT2D eigenvalue weighted by Crippen LogP contribution is -2.32. The molecule has 0 radical (unpaired) electrons. The van der Waals surface area contributed by atoms with Crippen LogP contribution < -0.4 is 10.2 Å². The zero-order chi connectivity index (χ0) is 13.0. The Kier molecular flexibility index (Phi) is 4.15. The van der Waals surface area contributed by atoms with E-state index in [9.17, 15) is 9.18 Å². The normalized spacial score (nSPS) is 19.0. The number of rotatable bonds is 4. The molecular weight excluding hydrogens is 235 g/mol. The highest BCUT2D eigenvalue weighted by molar-refractivity contribution is 5.76. The third kappa shape index (κ3) is 3.20. The molecule has 0 aliphatic carbocycles. The fraction of sp³-hybridized carbons (Fsp3) is 0.462. The van der Waals surface area contributed by atoms with Crippen LogP contribution in [0.4, 0.5) is 10.1 Å². The van der Waals surface area contributed by atoms with E-state index in [0.29, 0.717) is 12.5 Å². The summed E-state index contributed by atoms with van der Waals surface area (Å²) in [7, 11) is 0. The molecule has 2 N–H and O–H groups in total. The molecule has 1 aromatic rings. The van der Waals surface area contributed by atoms with Crippen LogP contribution in [0.3, 0.4) is 0 Å². The summed E-state index contributed by atoms with van der Waals surface area (Å²) >= 11 is 0. The molecule has 1 aliphatic rings. The zero-order valence-corrected chi connectivity index (χ0v) is 10.1. The third-order valence-electron chi connectivity index (χ3n) is 3.21. The standard InChI is InChI=1S/C13H17FN2O2/c14-11-1-3-12(4-2-11)16-6-5-10(8-16)7-15-13(18)9-17/h1-4,10,17H,5-9H2,(H,15,18). The van der Waals surface area contributed by atoms with Crippen LogP contribution in [0.1, 0.15) is 6.42 Å². The molecule has 2 rings (SSSR count). The van der Waals surface area contributed by atoms with Gasteiger partial charge in [-0.05, 0) is 36.6 Å². The number of amides is 1. The predicted molar refractivity (Wildman–Crippen MR) is 66.8 cm³/mol. The minimum atomic E-state index is -0.464. The SMILES string of the molecule is O=C(CO)NCC1CCN(c2ccc(F)cc2)C1. The van der Waals surface area contributed by atoms with Crippen molar-refractivity contribution in [2.45, 2.75) is 6.42 Å². The van der Waals surface area contributed by atoms with Gasteiger partial charge in [0.25, 0.3) is 0 Å². The van der Waals surface area contributed by atoms with Crippen LogP contribution in [0.15, 0.2) is 24.3 Å². The molecule has 0 saturated carbocycles. The molecule has 1 aromatic carbocycles. The Morgan fingerprint density at radius 3 is 2.83 bits per heavy atom. The van der Waals surface area contributed by atoms with Gasteiger partial charge < -0.3 is 15.3 Å². The largest absolute Gasteiger partial charge is 0.387 e. The monoisotopic (exact) mass is 252 g/mol. The van der Waals surface area contributed by atoms with Crippen molar-refractivity contribution in [3.05, 3.63) is 30.1 Å². The second-order valence-electron chi connectivity index (χ2n) is 4.54. The highest BCUT2D eigenvalue weighted by atomic mass is 19.1. The van der Waals surface area contributed by atoms with Gasteiger partial charge >= 0.3 is 0 Å². The number of carbonyl (C=O) groups excluding carboxylic acids is 1. The number of nitrogens with one attached hydrogen (secondary N) is 1. The lowest BCUT2D eigenvalue weighted by molar-refractivity contribution is -0.123. The minimum absolute atomic E-state index is 0.232. The number of hydrogen-bond acceptors (Lipinski definition) is 3. The van der Waals surface area contributed by atoms with E-state index >= 15 is 0 Å². The van der Waals surface area contributed by atoms with Crippen LogP contribution in [0.25, 0.3) is 0 Å². The van der Waals surface area contributed by atoms with Crippen LogP contribution in [0.5, 0.6) is 0 Å². The van der Waals surface area contributed by atoms with E-state index < -0.39 is 6.61 Å². The molecule has 5 heteroatoms. The number of benzene rings is 1. The van der Waals surface area contributed by atoms with Crippen molar-refractivity contribution < 1.29 is 14.3 Å².